The van der Waals surface area contributed by atoms with Gasteiger partial charge in [0, 0.05) is 42.2 Å². The van der Waals surface area contributed by atoms with Crippen molar-refractivity contribution in [2.75, 3.05) is 20.1 Å². The summed E-state index contributed by atoms with van der Waals surface area (Å²) in [7, 11) is 1.86. The Kier molecular flexibility index (Phi) is 5.49. The Hall–Kier alpha value is -3.45. The predicted molar refractivity (Wildman–Crippen MR) is 122 cm³/mol. The smallest absolute Gasteiger partial charge is 0.289 e. The first-order chi connectivity index (χ1) is 15.7. The molecule has 5 rings (SSSR count). The standard InChI is InChI=1S/C25H26N4O3/c1-29(19-8-12-27-13-9-19)25(30)23-15-21(24(32-23)16-6-10-26-11-7-16)18-2-4-20-17(14-18)3-5-22(20)28-31/h2,4,6-7,10-11,14-15,19,27,31H,3,5,8-9,12-13H2,1H3. The number of hydrogen-bond acceptors (Lipinski definition) is 6. The molecule has 3 aromatic rings. The molecule has 0 saturated carbocycles. The minimum absolute atomic E-state index is 0.102. The molecule has 32 heavy (non-hydrogen) atoms. The van der Waals surface area contributed by atoms with Gasteiger partial charge in [0.25, 0.3) is 5.91 Å². The summed E-state index contributed by atoms with van der Waals surface area (Å²) < 4.78 is 6.19. The van der Waals surface area contributed by atoms with Crippen molar-refractivity contribution in [3.8, 4) is 22.5 Å². The van der Waals surface area contributed by atoms with E-state index in [4.69, 9.17) is 4.42 Å². The lowest BCUT2D eigenvalue weighted by Crippen LogP contribution is -2.43. The van der Waals surface area contributed by atoms with E-state index in [2.05, 4.69) is 21.5 Å². The van der Waals surface area contributed by atoms with Gasteiger partial charge in [-0.05, 0) is 68.1 Å². The molecule has 1 saturated heterocycles. The molecule has 1 fully saturated rings. The number of amides is 1. The van der Waals surface area contributed by atoms with Crippen molar-refractivity contribution in [3.63, 3.8) is 0 Å². The first kappa shape index (κ1) is 20.5. The number of carbonyl (C=O) groups excluding carboxylic acids is 1. The number of fused-ring (bicyclic) bond motifs is 1. The van der Waals surface area contributed by atoms with Crippen molar-refractivity contribution in [3.05, 3.63) is 65.7 Å². The van der Waals surface area contributed by atoms with Crippen LogP contribution in [0.1, 0.15) is 40.9 Å². The maximum atomic E-state index is 13.3. The normalized spacial score (nSPS) is 17.5. The van der Waals surface area contributed by atoms with E-state index in [1.807, 2.05) is 42.3 Å². The molecule has 2 aliphatic rings. The predicted octanol–water partition coefficient (Wildman–Crippen LogP) is 3.96. The highest BCUT2D eigenvalue weighted by Crippen LogP contribution is 2.37. The Morgan fingerprint density at radius 2 is 1.88 bits per heavy atom. The second-order valence-electron chi connectivity index (χ2n) is 8.41. The van der Waals surface area contributed by atoms with E-state index in [0.29, 0.717) is 17.2 Å². The molecule has 3 heterocycles. The van der Waals surface area contributed by atoms with Crippen LogP contribution in [-0.4, -0.2) is 52.9 Å². The number of piperidine rings is 1. The minimum Gasteiger partial charge on any atom is -0.450 e. The van der Waals surface area contributed by atoms with Crippen LogP contribution in [0.25, 0.3) is 22.5 Å². The topological polar surface area (TPSA) is 91.0 Å². The van der Waals surface area contributed by atoms with Gasteiger partial charge in [-0.3, -0.25) is 9.78 Å². The van der Waals surface area contributed by atoms with E-state index in [1.54, 1.807) is 12.4 Å². The molecule has 1 aliphatic heterocycles. The summed E-state index contributed by atoms with van der Waals surface area (Å²) in [5.41, 5.74) is 5.55. The van der Waals surface area contributed by atoms with E-state index in [0.717, 1.165) is 66.6 Å². The van der Waals surface area contributed by atoms with Crippen LogP contribution in [0.5, 0.6) is 0 Å². The van der Waals surface area contributed by atoms with E-state index in [1.165, 1.54) is 0 Å². The van der Waals surface area contributed by atoms with Crippen LogP contribution in [0.2, 0.25) is 0 Å². The van der Waals surface area contributed by atoms with Gasteiger partial charge in [0.2, 0.25) is 0 Å². The van der Waals surface area contributed by atoms with Crippen molar-refractivity contribution < 1.29 is 14.4 Å². The van der Waals surface area contributed by atoms with Crippen molar-refractivity contribution in [2.45, 2.75) is 31.7 Å². The average molecular weight is 431 g/mol. The van der Waals surface area contributed by atoms with Gasteiger partial charge in [-0.15, -0.1) is 0 Å². The van der Waals surface area contributed by atoms with Gasteiger partial charge < -0.3 is 19.8 Å². The van der Waals surface area contributed by atoms with E-state index >= 15 is 0 Å². The van der Waals surface area contributed by atoms with Gasteiger partial charge in [-0.2, -0.15) is 0 Å². The zero-order valence-corrected chi connectivity index (χ0v) is 18.0. The first-order valence-electron chi connectivity index (χ1n) is 11.0. The molecule has 1 aliphatic carbocycles. The van der Waals surface area contributed by atoms with Gasteiger partial charge in [-0.1, -0.05) is 23.4 Å². The molecule has 1 amide bonds. The summed E-state index contributed by atoms with van der Waals surface area (Å²) in [6.45, 7) is 1.84. The maximum absolute atomic E-state index is 13.3. The van der Waals surface area contributed by atoms with Gasteiger partial charge in [-0.25, -0.2) is 0 Å². The average Bonchev–Trinajstić information content (AvgIpc) is 3.48. The Morgan fingerprint density at radius 3 is 2.62 bits per heavy atom. The van der Waals surface area contributed by atoms with Crippen LogP contribution >= 0.6 is 0 Å². The summed E-state index contributed by atoms with van der Waals surface area (Å²) in [5, 5.41) is 16.0. The highest BCUT2D eigenvalue weighted by molar-refractivity contribution is 6.05. The molecule has 0 unspecified atom stereocenters. The molecule has 0 atom stereocenters. The third-order valence-corrected chi connectivity index (χ3v) is 6.54. The zero-order chi connectivity index (χ0) is 22.1. The fourth-order valence-electron chi connectivity index (χ4n) is 4.70. The Morgan fingerprint density at radius 1 is 1.09 bits per heavy atom. The summed E-state index contributed by atoms with van der Waals surface area (Å²) in [5.74, 6) is 0.892. The van der Waals surface area contributed by atoms with Gasteiger partial charge in [0.15, 0.2) is 5.76 Å². The lowest BCUT2D eigenvalue weighted by molar-refractivity contribution is 0.0672. The summed E-state index contributed by atoms with van der Waals surface area (Å²) in [4.78, 5) is 19.2. The third kappa shape index (κ3) is 3.69. The van der Waals surface area contributed by atoms with Gasteiger partial charge in [0.1, 0.15) is 5.76 Å². The van der Waals surface area contributed by atoms with Crippen molar-refractivity contribution in [1.29, 1.82) is 0 Å². The number of aryl methyl sites for hydroxylation is 1. The molecule has 0 spiro atoms. The summed E-state index contributed by atoms with van der Waals surface area (Å²) >= 11 is 0. The lowest BCUT2D eigenvalue weighted by atomic mass is 9.98. The van der Waals surface area contributed by atoms with Crippen LogP contribution < -0.4 is 5.32 Å². The SMILES string of the molecule is CN(C(=O)c1cc(-c2ccc3c(c2)CCC3=NO)c(-c2ccncc2)o1)C1CCNCC1. The molecule has 164 valence electrons. The van der Waals surface area contributed by atoms with Crippen molar-refractivity contribution >= 4 is 11.6 Å². The fraction of sp³-hybridized carbons (Fsp3) is 0.320. The highest BCUT2D eigenvalue weighted by atomic mass is 16.4. The molecule has 7 heteroatoms. The fourth-order valence-corrected chi connectivity index (χ4v) is 4.70. The van der Waals surface area contributed by atoms with Crippen LogP contribution in [0.3, 0.4) is 0 Å². The number of benzene rings is 1. The molecule has 0 bridgehead atoms. The molecular weight excluding hydrogens is 404 g/mol. The number of furan rings is 1. The first-order valence-corrected chi connectivity index (χ1v) is 11.0. The Balaban J connectivity index is 1.55. The largest absolute Gasteiger partial charge is 0.450 e. The third-order valence-electron chi connectivity index (χ3n) is 6.54. The number of nitrogens with zero attached hydrogens (tertiary/aromatic N) is 3. The van der Waals surface area contributed by atoms with Crippen LogP contribution in [0.15, 0.2) is 58.4 Å². The quantitative estimate of drug-likeness (QED) is 0.483. The number of pyridine rings is 1. The number of oxime groups is 1. The molecule has 0 radical (unpaired) electrons. The molecular formula is C25H26N4O3. The van der Waals surface area contributed by atoms with Gasteiger partial charge in [0.05, 0.1) is 5.71 Å². The maximum Gasteiger partial charge on any atom is 0.289 e. The highest BCUT2D eigenvalue weighted by Gasteiger charge is 2.27. The minimum atomic E-state index is -0.102. The van der Waals surface area contributed by atoms with E-state index in [-0.39, 0.29) is 11.9 Å². The van der Waals surface area contributed by atoms with E-state index in [9.17, 15) is 10.0 Å². The molecule has 2 aromatic heterocycles. The van der Waals surface area contributed by atoms with Crippen LogP contribution in [-0.2, 0) is 6.42 Å². The Bertz CT molecular complexity index is 1160. The monoisotopic (exact) mass is 430 g/mol. The molecule has 7 nitrogen and oxygen atoms in total. The summed E-state index contributed by atoms with van der Waals surface area (Å²) in [6, 6.07) is 11.9. The number of rotatable bonds is 4. The van der Waals surface area contributed by atoms with Crippen molar-refractivity contribution in [1.82, 2.24) is 15.2 Å². The number of hydrogen-bond donors (Lipinski definition) is 2. The summed E-state index contributed by atoms with van der Waals surface area (Å²) in [6.07, 6.45) is 6.87. The van der Waals surface area contributed by atoms with Gasteiger partial charge >= 0.3 is 0 Å². The number of nitrogens with one attached hydrogen (secondary N) is 1. The molecule has 2 N–H and O–H groups in total. The second-order valence-corrected chi connectivity index (χ2v) is 8.41. The number of aromatic nitrogens is 1. The second kappa shape index (κ2) is 8.59. The molecule has 1 aromatic carbocycles. The Labute approximate surface area is 186 Å². The lowest BCUT2D eigenvalue weighted by Gasteiger charge is -2.31. The van der Waals surface area contributed by atoms with Crippen molar-refractivity contribution in [2.24, 2.45) is 5.16 Å². The van der Waals surface area contributed by atoms with Crippen LogP contribution in [0, 0.1) is 0 Å². The zero-order valence-electron chi connectivity index (χ0n) is 18.0. The van der Waals surface area contributed by atoms with Crippen LogP contribution in [0.4, 0.5) is 0 Å². The number of carbonyl (C=O) groups is 1. The van der Waals surface area contributed by atoms with E-state index < -0.39 is 0 Å².